The van der Waals surface area contributed by atoms with Crippen molar-refractivity contribution in [2.75, 3.05) is 31.0 Å². The van der Waals surface area contributed by atoms with E-state index >= 15 is 0 Å². The van der Waals surface area contributed by atoms with Crippen LogP contribution in [-0.2, 0) is 9.84 Å². The van der Waals surface area contributed by atoms with Crippen LogP contribution in [0.1, 0.15) is 28.5 Å². The summed E-state index contributed by atoms with van der Waals surface area (Å²) < 4.78 is 35.4. The lowest BCUT2D eigenvalue weighted by Gasteiger charge is -2.12. The molecule has 1 atom stereocenters. The highest BCUT2D eigenvalue weighted by atomic mass is 32.2. The third-order valence-electron chi connectivity index (χ3n) is 4.48. The molecule has 2 heterocycles. The normalized spacial score (nSPS) is 18.5. The van der Waals surface area contributed by atoms with Crippen molar-refractivity contribution in [2.24, 2.45) is 0 Å². The number of benzene rings is 1. The van der Waals surface area contributed by atoms with Crippen LogP contribution in [0.2, 0.25) is 0 Å². The first-order valence-electron chi connectivity index (χ1n) is 8.12. The van der Waals surface area contributed by atoms with E-state index in [1.807, 2.05) is 0 Å². The fraction of sp³-hybridized carbons (Fsp3) is 0.412. The van der Waals surface area contributed by atoms with Gasteiger partial charge in [0.2, 0.25) is 0 Å². The predicted molar refractivity (Wildman–Crippen MR) is 96.8 cm³/mol. The third kappa shape index (κ3) is 3.52. The molecule has 26 heavy (non-hydrogen) atoms. The van der Waals surface area contributed by atoms with Crippen molar-refractivity contribution in [3.63, 3.8) is 0 Å². The van der Waals surface area contributed by atoms with Crippen LogP contribution in [0, 0.1) is 6.92 Å². The number of hydrogen-bond donors (Lipinski definition) is 1. The van der Waals surface area contributed by atoms with E-state index in [2.05, 4.69) is 10.4 Å². The molecule has 1 amide bonds. The molecule has 1 saturated heterocycles. The highest BCUT2D eigenvalue weighted by Crippen LogP contribution is 2.30. The van der Waals surface area contributed by atoms with Gasteiger partial charge in [-0.3, -0.25) is 9.48 Å². The van der Waals surface area contributed by atoms with Crippen LogP contribution in [0.3, 0.4) is 0 Å². The second-order valence-electron chi connectivity index (χ2n) is 6.17. The van der Waals surface area contributed by atoms with E-state index in [4.69, 9.17) is 9.47 Å². The number of aromatic nitrogens is 2. The molecular weight excluding hydrogens is 358 g/mol. The average molecular weight is 379 g/mol. The number of methoxy groups -OCH3 is 2. The van der Waals surface area contributed by atoms with Crippen molar-refractivity contribution in [3.05, 3.63) is 35.7 Å². The van der Waals surface area contributed by atoms with Gasteiger partial charge >= 0.3 is 0 Å². The average Bonchev–Trinajstić information content (AvgIpc) is 3.16. The van der Waals surface area contributed by atoms with E-state index in [0.29, 0.717) is 34.9 Å². The Labute approximate surface area is 152 Å². The van der Waals surface area contributed by atoms with Crippen LogP contribution >= 0.6 is 0 Å². The van der Waals surface area contributed by atoms with Gasteiger partial charge in [-0.1, -0.05) is 0 Å². The molecule has 1 aliphatic heterocycles. The molecule has 140 valence electrons. The van der Waals surface area contributed by atoms with E-state index in [0.717, 1.165) is 0 Å². The minimum Gasteiger partial charge on any atom is -0.493 e. The highest BCUT2D eigenvalue weighted by Gasteiger charge is 2.31. The van der Waals surface area contributed by atoms with Gasteiger partial charge in [0.25, 0.3) is 5.91 Å². The van der Waals surface area contributed by atoms with Crippen LogP contribution in [0.15, 0.2) is 24.4 Å². The topological polar surface area (TPSA) is 99.5 Å². The minimum absolute atomic E-state index is 0.0618. The van der Waals surface area contributed by atoms with Crippen molar-refractivity contribution in [2.45, 2.75) is 19.4 Å². The molecule has 0 bridgehead atoms. The maximum Gasteiger partial charge on any atom is 0.259 e. The monoisotopic (exact) mass is 379 g/mol. The Balaban J connectivity index is 1.79. The molecular formula is C17H21N3O5S. The van der Waals surface area contributed by atoms with Gasteiger partial charge in [0.15, 0.2) is 21.3 Å². The summed E-state index contributed by atoms with van der Waals surface area (Å²) in [5.74, 6) is 0.976. The predicted octanol–water partition coefficient (Wildman–Crippen LogP) is 1.82. The molecule has 1 fully saturated rings. The summed E-state index contributed by atoms with van der Waals surface area (Å²) in [6.45, 7) is 1.77. The Morgan fingerprint density at radius 1 is 1.27 bits per heavy atom. The van der Waals surface area contributed by atoms with Crippen molar-refractivity contribution < 1.29 is 22.7 Å². The first-order chi connectivity index (χ1) is 12.3. The van der Waals surface area contributed by atoms with Crippen molar-refractivity contribution >= 4 is 21.4 Å². The van der Waals surface area contributed by atoms with Crippen molar-refractivity contribution in [3.8, 4) is 11.5 Å². The lowest BCUT2D eigenvalue weighted by atomic mass is 10.2. The molecule has 1 aliphatic rings. The molecule has 9 heteroatoms. The zero-order chi connectivity index (χ0) is 18.9. The van der Waals surface area contributed by atoms with Gasteiger partial charge in [-0.05, 0) is 25.5 Å². The maximum atomic E-state index is 12.6. The number of ether oxygens (including phenoxy) is 2. The summed E-state index contributed by atoms with van der Waals surface area (Å²) in [5, 5.41) is 7.03. The number of anilines is 1. The van der Waals surface area contributed by atoms with Gasteiger partial charge in [0, 0.05) is 17.4 Å². The zero-order valence-electron chi connectivity index (χ0n) is 14.9. The van der Waals surface area contributed by atoms with E-state index in [-0.39, 0.29) is 23.5 Å². The number of carbonyl (C=O) groups is 1. The number of rotatable bonds is 5. The summed E-state index contributed by atoms with van der Waals surface area (Å²) >= 11 is 0. The molecule has 2 aromatic rings. The van der Waals surface area contributed by atoms with Crippen LogP contribution in [-0.4, -0.2) is 49.8 Å². The summed E-state index contributed by atoms with van der Waals surface area (Å²) in [6.07, 6.45) is 1.98. The Morgan fingerprint density at radius 3 is 2.62 bits per heavy atom. The van der Waals surface area contributed by atoms with E-state index in [9.17, 15) is 13.2 Å². The number of hydrogen-bond acceptors (Lipinski definition) is 6. The number of nitrogens with zero attached hydrogens (tertiary/aromatic N) is 2. The molecule has 8 nitrogen and oxygen atoms in total. The van der Waals surface area contributed by atoms with Crippen molar-refractivity contribution in [1.29, 1.82) is 0 Å². The molecule has 1 aromatic heterocycles. The van der Waals surface area contributed by atoms with Gasteiger partial charge in [-0.15, -0.1) is 0 Å². The van der Waals surface area contributed by atoms with Crippen LogP contribution in [0.4, 0.5) is 5.69 Å². The molecule has 0 saturated carbocycles. The van der Waals surface area contributed by atoms with Gasteiger partial charge in [0.05, 0.1) is 43.5 Å². The maximum absolute atomic E-state index is 12.6. The fourth-order valence-corrected chi connectivity index (χ4v) is 4.79. The standard InChI is InChI=1S/C17H21N3O5S/c1-11-14(9-18-20(11)13-6-7-26(22,23)10-13)17(21)19-12-4-5-15(24-2)16(8-12)25-3/h4-5,8-9,13H,6-7,10H2,1-3H3,(H,19,21). The fourth-order valence-electron chi connectivity index (χ4n) is 3.10. The Kier molecular flexibility index (Phi) is 4.90. The van der Waals surface area contributed by atoms with Gasteiger partial charge < -0.3 is 14.8 Å². The molecule has 0 radical (unpaired) electrons. The molecule has 0 aliphatic carbocycles. The molecule has 1 aromatic carbocycles. The van der Waals surface area contributed by atoms with Gasteiger partial charge in [0.1, 0.15) is 0 Å². The minimum atomic E-state index is -3.02. The smallest absolute Gasteiger partial charge is 0.259 e. The van der Waals surface area contributed by atoms with E-state index < -0.39 is 9.84 Å². The number of amides is 1. The summed E-state index contributed by atoms with van der Waals surface area (Å²) in [4.78, 5) is 12.6. The van der Waals surface area contributed by atoms with Gasteiger partial charge in [-0.2, -0.15) is 5.10 Å². The summed E-state index contributed by atoms with van der Waals surface area (Å²) in [7, 11) is 0.0385. The van der Waals surface area contributed by atoms with Crippen LogP contribution < -0.4 is 14.8 Å². The Morgan fingerprint density at radius 2 is 2.00 bits per heavy atom. The first kappa shape index (κ1) is 18.2. The zero-order valence-corrected chi connectivity index (χ0v) is 15.7. The first-order valence-corrected chi connectivity index (χ1v) is 9.94. The highest BCUT2D eigenvalue weighted by molar-refractivity contribution is 7.91. The second-order valence-corrected chi connectivity index (χ2v) is 8.40. The molecule has 1 unspecified atom stereocenters. The molecule has 1 N–H and O–H groups in total. The summed E-state index contributed by atoms with van der Waals surface area (Å²) in [6, 6.07) is 4.86. The third-order valence-corrected chi connectivity index (χ3v) is 6.24. The van der Waals surface area contributed by atoms with E-state index in [1.165, 1.54) is 20.4 Å². The SMILES string of the molecule is COc1ccc(NC(=O)c2cnn(C3CCS(=O)(=O)C3)c2C)cc1OC. The Hall–Kier alpha value is -2.55. The van der Waals surface area contributed by atoms with Crippen LogP contribution in [0.5, 0.6) is 11.5 Å². The quantitative estimate of drug-likeness (QED) is 0.851. The Bertz CT molecular complexity index is 936. The van der Waals surface area contributed by atoms with Crippen LogP contribution in [0.25, 0.3) is 0 Å². The number of carbonyl (C=O) groups excluding carboxylic acids is 1. The molecule has 0 spiro atoms. The largest absolute Gasteiger partial charge is 0.493 e. The molecule has 3 rings (SSSR count). The lowest BCUT2D eigenvalue weighted by molar-refractivity contribution is 0.102. The summed E-state index contributed by atoms with van der Waals surface area (Å²) in [5.41, 5.74) is 1.61. The van der Waals surface area contributed by atoms with Crippen molar-refractivity contribution in [1.82, 2.24) is 9.78 Å². The number of nitrogens with one attached hydrogen (secondary N) is 1. The van der Waals surface area contributed by atoms with E-state index in [1.54, 1.807) is 29.8 Å². The number of sulfone groups is 1. The lowest BCUT2D eigenvalue weighted by Crippen LogP contribution is -2.16. The second kappa shape index (κ2) is 6.99. The van der Waals surface area contributed by atoms with Gasteiger partial charge in [-0.25, -0.2) is 8.42 Å².